The SMILES string of the molecule is CC1CC1CN(C)c1ccc(/C(N)=N/O)cc1Br. The first-order valence-corrected chi connectivity index (χ1v) is 6.80. The zero-order valence-electron chi connectivity index (χ0n) is 10.6. The second kappa shape index (κ2) is 5.18. The van der Waals surface area contributed by atoms with E-state index in [1.54, 1.807) is 0 Å². The van der Waals surface area contributed by atoms with Gasteiger partial charge in [-0.1, -0.05) is 12.1 Å². The van der Waals surface area contributed by atoms with Gasteiger partial charge in [0.25, 0.3) is 0 Å². The number of amidine groups is 1. The molecule has 1 saturated carbocycles. The van der Waals surface area contributed by atoms with Crippen LogP contribution in [0.3, 0.4) is 0 Å². The fraction of sp³-hybridized carbons (Fsp3) is 0.462. The number of halogens is 1. The Morgan fingerprint density at radius 3 is 2.78 bits per heavy atom. The van der Waals surface area contributed by atoms with Crippen molar-refractivity contribution in [3.8, 4) is 0 Å². The predicted octanol–water partition coefficient (Wildman–Crippen LogP) is 2.64. The molecule has 0 heterocycles. The first-order valence-electron chi connectivity index (χ1n) is 6.01. The van der Waals surface area contributed by atoms with E-state index >= 15 is 0 Å². The highest BCUT2D eigenvalue weighted by Gasteiger charge is 2.33. The molecule has 3 N–H and O–H groups in total. The van der Waals surface area contributed by atoms with E-state index in [9.17, 15) is 0 Å². The second-order valence-electron chi connectivity index (χ2n) is 5.01. The van der Waals surface area contributed by atoms with Crippen molar-refractivity contribution in [3.63, 3.8) is 0 Å². The summed E-state index contributed by atoms with van der Waals surface area (Å²) < 4.78 is 0.961. The monoisotopic (exact) mass is 311 g/mol. The normalized spacial score (nSPS) is 22.9. The first-order chi connectivity index (χ1) is 8.52. The van der Waals surface area contributed by atoms with Gasteiger partial charge in [0.15, 0.2) is 5.84 Å². The molecule has 1 aliphatic rings. The van der Waals surface area contributed by atoms with E-state index in [0.717, 1.165) is 28.5 Å². The van der Waals surface area contributed by atoms with Crippen LogP contribution in [0.2, 0.25) is 0 Å². The van der Waals surface area contributed by atoms with Gasteiger partial charge in [-0.3, -0.25) is 0 Å². The van der Waals surface area contributed by atoms with Gasteiger partial charge in [-0.15, -0.1) is 0 Å². The number of hydrogen-bond donors (Lipinski definition) is 2. The number of anilines is 1. The van der Waals surface area contributed by atoms with Crippen LogP contribution >= 0.6 is 15.9 Å². The van der Waals surface area contributed by atoms with E-state index in [1.165, 1.54) is 6.42 Å². The molecule has 1 aromatic rings. The van der Waals surface area contributed by atoms with E-state index < -0.39 is 0 Å². The summed E-state index contributed by atoms with van der Waals surface area (Å²) in [5.41, 5.74) is 7.40. The highest BCUT2D eigenvalue weighted by molar-refractivity contribution is 9.10. The Hall–Kier alpha value is -1.23. The predicted molar refractivity (Wildman–Crippen MR) is 77.2 cm³/mol. The molecule has 2 atom stereocenters. The third kappa shape index (κ3) is 2.77. The fourth-order valence-electron chi connectivity index (χ4n) is 2.14. The van der Waals surface area contributed by atoms with Gasteiger partial charge < -0.3 is 15.8 Å². The summed E-state index contributed by atoms with van der Waals surface area (Å²) >= 11 is 3.54. The topological polar surface area (TPSA) is 61.8 Å². The van der Waals surface area contributed by atoms with Crippen molar-refractivity contribution >= 4 is 27.5 Å². The van der Waals surface area contributed by atoms with Crippen molar-refractivity contribution in [2.24, 2.45) is 22.7 Å². The molecule has 0 bridgehead atoms. The zero-order chi connectivity index (χ0) is 13.3. The molecule has 0 aliphatic heterocycles. The number of nitrogens with two attached hydrogens (primary N) is 1. The first kappa shape index (κ1) is 13.2. The van der Waals surface area contributed by atoms with Gasteiger partial charge in [0.1, 0.15) is 0 Å². The van der Waals surface area contributed by atoms with Crippen LogP contribution in [0.1, 0.15) is 18.9 Å². The largest absolute Gasteiger partial charge is 0.409 e. The molecule has 2 unspecified atom stereocenters. The fourth-order valence-corrected chi connectivity index (χ4v) is 2.82. The number of benzene rings is 1. The van der Waals surface area contributed by atoms with Crippen LogP contribution in [-0.2, 0) is 0 Å². The van der Waals surface area contributed by atoms with Gasteiger partial charge in [0, 0.05) is 23.6 Å². The van der Waals surface area contributed by atoms with Crippen LogP contribution in [0, 0.1) is 11.8 Å². The Balaban J connectivity index is 2.13. The Labute approximate surface area is 116 Å². The summed E-state index contributed by atoms with van der Waals surface area (Å²) in [6.45, 7) is 3.36. The molecule has 1 aliphatic carbocycles. The van der Waals surface area contributed by atoms with E-state index in [0.29, 0.717) is 5.56 Å². The average molecular weight is 312 g/mol. The summed E-state index contributed by atoms with van der Waals surface area (Å²) in [5.74, 6) is 1.79. The van der Waals surface area contributed by atoms with Gasteiger partial charge in [-0.25, -0.2) is 0 Å². The van der Waals surface area contributed by atoms with Gasteiger partial charge in [0.2, 0.25) is 0 Å². The summed E-state index contributed by atoms with van der Waals surface area (Å²) in [7, 11) is 2.09. The molecule has 0 spiro atoms. The Morgan fingerprint density at radius 1 is 1.61 bits per heavy atom. The van der Waals surface area contributed by atoms with Gasteiger partial charge in [-0.05, 0) is 52.4 Å². The Kier molecular flexibility index (Phi) is 3.80. The minimum atomic E-state index is 0.126. The van der Waals surface area contributed by atoms with E-state index in [1.807, 2.05) is 18.2 Å². The molecule has 1 fully saturated rings. The lowest BCUT2D eigenvalue weighted by molar-refractivity contribution is 0.318. The van der Waals surface area contributed by atoms with Crippen LogP contribution in [0.15, 0.2) is 27.8 Å². The van der Waals surface area contributed by atoms with Crippen molar-refractivity contribution in [2.45, 2.75) is 13.3 Å². The molecule has 98 valence electrons. The third-order valence-corrected chi connectivity index (χ3v) is 4.18. The quantitative estimate of drug-likeness (QED) is 0.389. The summed E-state index contributed by atoms with van der Waals surface area (Å²) in [6.07, 6.45) is 1.32. The summed E-state index contributed by atoms with van der Waals surface area (Å²) in [5, 5.41) is 11.7. The maximum Gasteiger partial charge on any atom is 0.170 e. The summed E-state index contributed by atoms with van der Waals surface area (Å²) in [4.78, 5) is 2.24. The lowest BCUT2D eigenvalue weighted by Gasteiger charge is -2.21. The standard InChI is InChI=1S/C13H18BrN3O/c1-8-5-10(8)7-17(2)12-4-3-9(6-11(12)14)13(15)16-18/h3-4,6,8,10,18H,5,7H2,1-2H3,(H2,15,16). The molecule has 0 aromatic heterocycles. The lowest BCUT2D eigenvalue weighted by Crippen LogP contribution is -2.21. The lowest BCUT2D eigenvalue weighted by atomic mass is 10.2. The third-order valence-electron chi connectivity index (χ3n) is 3.55. The smallest absolute Gasteiger partial charge is 0.170 e. The van der Waals surface area contributed by atoms with E-state index in [2.05, 4.69) is 40.0 Å². The second-order valence-corrected chi connectivity index (χ2v) is 5.86. The van der Waals surface area contributed by atoms with Crippen molar-refractivity contribution in [1.82, 2.24) is 0 Å². The highest BCUT2D eigenvalue weighted by atomic mass is 79.9. The molecule has 4 nitrogen and oxygen atoms in total. The van der Waals surface area contributed by atoms with Crippen LogP contribution in [0.5, 0.6) is 0 Å². The highest BCUT2D eigenvalue weighted by Crippen LogP contribution is 2.39. The summed E-state index contributed by atoms with van der Waals surface area (Å²) in [6, 6.07) is 5.73. The zero-order valence-corrected chi connectivity index (χ0v) is 12.2. The van der Waals surface area contributed by atoms with Crippen LogP contribution < -0.4 is 10.6 Å². The molecular weight excluding hydrogens is 294 g/mol. The van der Waals surface area contributed by atoms with Gasteiger partial charge in [0.05, 0.1) is 5.69 Å². The minimum absolute atomic E-state index is 0.126. The molecule has 0 radical (unpaired) electrons. The van der Waals surface area contributed by atoms with Crippen LogP contribution in [-0.4, -0.2) is 24.6 Å². The minimum Gasteiger partial charge on any atom is -0.409 e. The number of rotatable bonds is 4. The van der Waals surface area contributed by atoms with Crippen LogP contribution in [0.25, 0.3) is 0 Å². The number of oxime groups is 1. The van der Waals surface area contributed by atoms with Crippen molar-refractivity contribution in [1.29, 1.82) is 0 Å². The van der Waals surface area contributed by atoms with Gasteiger partial charge in [-0.2, -0.15) is 0 Å². The number of hydrogen-bond acceptors (Lipinski definition) is 3. The average Bonchev–Trinajstić information content (AvgIpc) is 3.03. The van der Waals surface area contributed by atoms with E-state index in [4.69, 9.17) is 10.9 Å². The molecule has 1 aromatic carbocycles. The maximum atomic E-state index is 8.65. The number of nitrogens with zero attached hydrogens (tertiary/aromatic N) is 2. The van der Waals surface area contributed by atoms with Crippen molar-refractivity contribution < 1.29 is 5.21 Å². The molecule has 0 amide bonds. The molecule has 0 saturated heterocycles. The van der Waals surface area contributed by atoms with Crippen LogP contribution in [0.4, 0.5) is 5.69 Å². The van der Waals surface area contributed by atoms with E-state index in [-0.39, 0.29) is 5.84 Å². The Morgan fingerprint density at radius 2 is 2.28 bits per heavy atom. The maximum absolute atomic E-state index is 8.65. The van der Waals surface area contributed by atoms with Crippen molar-refractivity contribution in [2.75, 3.05) is 18.5 Å². The molecule has 5 heteroatoms. The molecule has 18 heavy (non-hydrogen) atoms. The Bertz CT molecular complexity index is 475. The van der Waals surface area contributed by atoms with Crippen molar-refractivity contribution in [3.05, 3.63) is 28.2 Å². The van der Waals surface area contributed by atoms with Gasteiger partial charge >= 0.3 is 0 Å². The molecule has 2 rings (SSSR count). The molecular formula is C13H18BrN3O.